The van der Waals surface area contributed by atoms with Crippen molar-refractivity contribution in [2.45, 2.75) is 18.9 Å². The molecule has 0 saturated carbocycles. The maximum absolute atomic E-state index is 5.43. The van der Waals surface area contributed by atoms with Crippen molar-refractivity contribution in [1.82, 2.24) is 20.4 Å². The molecule has 7 heteroatoms. The first-order valence-corrected chi connectivity index (χ1v) is 8.15. The molecule has 1 fully saturated rings. The summed E-state index contributed by atoms with van der Waals surface area (Å²) < 4.78 is 16.1. The van der Waals surface area contributed by atoms with E-state index in [9.17, 15) is 0 Å². The van der Waals surface area contributed by atoms with Gasteiger partial charge >= 0.3 is 0 Å². The molecule has 1 unspecified atom stereocenters. The Balaban J connectivity index is 1.67. The molecule has 0 radical (unpaired) electrons. The van der Waals surface area contributed by atoms with Crippen molar-refractivity contribution in [1.29, 1.82) is 0 Å². The molecule has 1 N–H and O–H groups in total. The lowest BCUT2D eigenvalue weighted by Crippen LogP contribution is -2.44. The van der Waals surface area contributed by atoms with E-state index in [4.69, 9.17) is 14.0 Å². The molecule has 0 spiro atoms. The number of piperazine rings is 1. The first-order chi connectivity index (χ1) is 11.7. The summed E-state index contributed by atoms with van der Waals surface area (Å²) >= 11 is 0. The number of aromatic nitrogens is 2. The lowest BCUT2D eigenvalue weighted by atomic mass is 10.1. The quantitative estimate of drug-likeness (QED) is 0.858. The van der Waals surface area contributed by atoms with Crippen LogP contribution in [0, 0.1) is 0 Å². The van der Waals surface area contributed by atoms with Crippen molar-refractivity contribution in [3.05, 3.63) is 35.5 Å². The van der Waals surface area contributed by atoms with Crippen molar-refractivity contribution in [2.75, 3.05) is 40.9 Å². The third kappa shape index (κ3) is 3.68. The smallest absolute Gasteiger partial charge is 0.227 e. The van der Waals surface area contributed by atoms with Crippen LogP contribution in [0.25, 0.3) is 0 Å². The van der Waals surface area contributed by atoms with Gasteiger partial charge in [-0.3, -0.25) is 4.90 Å². The first-order valence-electron chi connectivity index (χ1n) is 8.15. The molecule has 0 amide bonds. The summed E-state index contributed by atoms with van der Waals surface area (Å²) in [6.45, 7) is 2.82. The zero-order chi connectivity index (χ0) is 16.9. The van der Waals surface area contributed by atoms with Crippen molar-refractivity contribution >= 4 is 0 Å². The highest BCUT2D eigenvalue weighted by Gasteiger charge is 2.25. The van der Waals surface area contributed by atoms with Crippen molar-refractivity contribution < 1.29 is 14.0 Å². The Morgan fingerprint density at radius 3 is 2.92 bits per heavy atom. The van der Waals surface area contributed by atoms with Gasteiger partial charge in [0.2, 0.25) is 5.89 Å². The second-order valence-corrected chi connectivity index (χ2v) is 5.92. The summed E-state index contributed by atoms with van der Waals surface area (Å²) in [5.74, 6) is 3.05. The van der Waals surface area contributed by atoms with Crippen molar-refractivity contribution in [3.63, 3.8) is 0 Å². The highest BCUT2D eigenvalue weighted by atomic mass is 16.5. The summed E-state index contributed by atoms with van der Waals surface area (Å²) in [5, 5.41) is 7.52. The molecule has 0 aliphatic carbocycles. The molecule has 1 aromatic heterocycles. The fourth-order valence-corrected chi connectivity index (χ4v) is 2.92. The molecule has 1 aliphatic rings. The molecule has 1 aliphatic heterocycles. The minimum Gasteiger partial charge on any atom is -0.497 e. The average Bonchev–Trinajstić information content (AvgIpc) is 3.08. The summed E-state index contributed by atoms with van der Waals surface area (Å²) in [4.78, 5) is 6.81. The highest BCUT2D eigenvalue weighted by Crippen LogP contribution is 2.25. The number of ether oxygens (including phenoxy) is 2. The van der Waals surface area contributed by atoms with Gasteiger partial charge in [0.15, 0.2) is 5.82 Å². The van der Waals surface area contributed by atoms with E-state index in [1.807, 2.05) is 18.2 Å². The van der Waals surface area contributed by atoms with Crippen LogP contribution in [0.3, 0.4) is 0 Å². The van der Waals surface area contributed by atoms with Crippen LogP contribution in [-0.2, 0) is 12.8 Å². The summed E-state index contributed by atoms with van der Waals surface area (Å²) in [7, 11) is 5.41. The maximum Gasteiger partial charge on any atom is 0.227 e. The molecule has 1 atom stereocenters. The van der Waals surface area contributed by atoms with E-state index in [2.05, 4.69) is 27.4 Å². The fourth-order valence-electron chi connectivity index (χ4n) is 2.92. The van der Waals surface area contributed by atoms with Gasteiger partial charge in [-0.2, -0.15) is 4.98 Å². The van der Waals surface area contributed by atoms with Gasteiger partial charge in [0.25, 0.3) is 0 Å². The van der Waals surface area contributed by atoms with E-state index in [-0.39, 0.29) is 6.04 Å². The lowest BCUT2D eigenvalue weighted by Gasteiger charge is -2.30. The number of rotatable bonds is 6. The van der Waals surface area contributed by atoms with Gasteiger partial charge in [-0.15, -0.1) is 0 Å². The molecule has 1 saturated heterocycles. The third-order valence-electron chi connectivity index (χ3n) is 4.39. The Morgan fingerprint density at radius 1 is 1.29 bits per heavy atom. The van der Waals surface area contributed by atoms with E-state index < -0.39 is 0 Å². The SMILES string of the molecule is COc1ccc(OC)c(CCc2nc(C3CNCCN3C)no2)c1. The van der Waals surface area contributed by atoms with Gasteiger partial charge in [0.1, 0.15) is 11.5 Å². The molecule has 3 rings (SSSR count). The molecular formula is C17H24N4O3. The first kappa shape index (κ1) is 16.7. The van der Waals surface area contributed by atoms with Crippen LogP contribution in [-0.4, -0.2) is 55.9 Å². The monoisotopic (exact) mass is 332 g/mol. The van der Waals surface area contributed by atoms with Gasteiger partial charge < -0.3 is 19.3 Å². The minimum atomic E-state index is 0.169. The molecule has 7 nitrogen and oxygen atoms in total. The van der Waals surface area contributed by atoms with Gasteiger partial charge in [0.05, 0.1) is 20.3 Å². The van der Waals surface area contributed by atoms with E-state index in [0.717, 1.165) is 48.9 Å². The summed E-state index contributed by atoms with van der Waals surface area (Å²) in [5.41, 5.74) is 1.06. The number of benzene rings is 1. The van der Waals surface area contributed by atoms with Crippen molar-refractivity contribution in [2.24, 2.45) is 0 Å². The molecule has 2 heterocycles. The Hall–Kier alpha value is -2.12. The predicted molar refractivity (Wildman–Crippen MR) is 89.5 cm³/mol. The van der Waals surface area contributed by atoms with Gasteiger partial charge in [-0.25, -0.2) is 0 Å². The zero-order valence-corrected chi connectivity index (χ0v) is 14.4. The predicted octanol–water partition coefficient (Wildman–Crippen LogP) is 1.45. The largest absolute Gasteiger partial charge is 0.497 e. The van der Waals surface area contributed by atoms with Crippen LogP contribution >= 0.6 is 0 Å². The number of likely N-dealkylation sites (N-methyl/N-ethyl adjacent to an activating group) is 1. The summed E-state index contributed by atoms with van der Waals surface area (Å²) in [6.07, 6.45) is 1.42. The normalized spacial score (nSPS) is 18.5. The number of aryl methyl sites for hydroxylation is 2. The molecular weight excluding hydrogens is 308 g/mol. The molecule has 2 aromatic rings. The van der Waals surface area contributed by atoms with Crippen LogP contribution in [0.15, 0.2) is 22.7 Å². The number of methoxy groups -OCH3 is 2. The van der Waals surface area contributed by atoms with Crippen molar-refractivity contribution in [3.8, 4) is 11.5 Å². The van der Waals surface area contributed by atoms with Crippen LogP contribution in [0.4, 0.5) is 0 Å². The minimum absolute atomic E-state index is 0.169. The number of hydrogen-bond acceptors (Lipinski definition) is 7. The highest BCUT2D eigenvalue weighted by molar-refractivity contribution is 5.40. The fraction of sp³-hybridized carbons (Fsp3) is 0.529. The van der Waals surface area contributed by atoms with Gasteiger partial charge in [-0.1, -0.05) is 5.16 Å². The van der Waals surface area contributed by atoms with Gasteiger partial charge in [0, 0.05) is 26.1 Å². The van der Waals surface area contributed by atoms with E-state index in [0.29, 0.717) is 12.3 Å². The van der Waals surface area contributed by atoms with E-state index in [1.54, 1.807) is 14.2 Å². The number of hydrogen-bond donors (Lipinski definition) is 1. The van der Waals surface area contributed by atoms with E-state index in [1.165, 1.54) is 0 Å². The zero-order valence-electron chi connectivity index (χ0n) is 14.4. The summed E-state index contributed by atoms with van der Waals surface area (Å²) in [6, 6.07) is 5.95. The number of nitrogens with one attached hydrogen (secondary N) is 1. The topological polar surface area (TPSA) is 72.7 Å². The van der Waals surface area contributed by atoms with Crippen LogP contribution in [0.5, 0.6) is 11.5 Å². The molecule has 1 aromatic carbocycles. The second-order valence-electron chi connectivity index (χ2n) is 5.92. The lowest BCUT2D eigenvalue weighted by molar-refractivity contribution is 0.190. The van der Waals surface area contributed by atoms with E-state index >= 15 is 0 Å². The third-order valence-corrected chi connectivity index (χ3v) is 4.39. The Bertz CT molecular complexity index is 674. The van der Waals surface area contributed by atoms with Crippen LogP contribution in [0.2, 0.25) is 0 Å². The molecule has 0 bridgehead atoms. The Labute approximate surface area is 141 Å². The van der Waals surface area contributed by atoms with Crippen LogP contribution < -0.4 is 14.8 Å². The van der Waals surface area contributed by atoms with Crippen LogP contribution in [0.1, 0.15) is 23.3 Å². The van der Waals surface area contributed by atoms with Gasteiger partial charge in [-0.05, 0) is 37.2 Å². The maximum atomic E-state index is 5.43. The number of nitrogens with zero attached hydrogens (tertiary/aromatic N) is 3. The molecule has 130 valence electrons. The standard InChI is InChI=1S/C17H24N4O3/c1-21-9-8-18-11-14(21)17-19-16(24-20-17)7-4-12-10-13(22-2)5-6-15(12)23-3/h5-6,10,14,18H,4,7-9,11H2,1-3H3. The molecule has 24 heavy (non-hydrogen) atoms. The second kappa shape index (κ2) is 7.63. The Kier molecular flexibility index (Phi) is 5.32. The Morgan fingerprint density at radius 2 is 2.17 bits per heavy atom. The average molecular weight is 332 g/mol.